The zero-order valence-corrected chi connectivity index (χ0v) is 13.5. The number of benzene rings is 1. The highest BCUT2D eigenvalue weighted by Crippen LogP contribution is 2.49. The van der Waals surface area contributed by atoms with Crippen LogP contribution in [-0.2, 0) is 10.2 Å². The van der Waals surface area contributed by atoms with Crippen molar-refractivity contribution in [3.63, 3.8) is 0 Å². The van der Waals surface area contributed by atoms with Crippen LogP contribution in [-0.4, -0.2) is 24.2 Å². The summed E-state index contributed by atoms with van der Waals surface area (Å²) in [6, 6.07) is 8.26. The van der Waals surface area contributed by atoms with Gasteiger partial charge in [0.15, 0.2) is 0 Å². The molecule has 1 amide bonds. The van der Waals surface area contributed by atoms with Crippen LogP contribution in [0.2, 0.25) is 0 Å². The second kappa shape index (κ2) is 6.41. The zero-order valence-electron chi connectivity index (χ0n) is 13.5. The molecule has 2 aliphatic carbocycles. The topological polar surface area (TPSA) is 49.3 Å². The maximum atomic E-state index is 12.7. The number of rotatable bonds is 5. The summed E-state index contributed by atoms with van der Waals surface area (Å²) in [5.41, 5.74) is 2.15. The molecule has 0 spiro atoms. The molecule has 0 heterocycles. The van der Waals surface area contributed by atoms with Crippen LogP contribution in [0, 0.1) is 18.8 Å². The van der Waals surface area contributed by atoms with Gasteiger partial charge in [0.1, 0.15) is 0 Å². The minimum atomic E-state index is -0.267. The van der Waals surface area contributed by atoms with Crippen LogP contribution in [0.3, 0.4) is 0 Å². The van der Waals surface area contributed by atoms with E-state index in [1.807, 2.05) is 12.1 Å². The van der Waals surface area contributed by atoms with Gasteiger partial charge in [0.25, 0.3) is 0 Å². The van der Waals surface area contributed by atoms with Gasteiger partial charge in [0, 0.05) is 13.2 Å². The van der Waals surface area contributed by atoms with Crippen molar-refractivity contribution in [3.05, 3.63) is 35.4 Å². The molecule has 22 heavy (non-hydrogen) atoms. The molecule has 3 rings (SSSR count). The normalized spacial score (nSPS) is 26.5. The van der Waals surface area contributed by atoms with Crippen molar-refractivity contribution >= 4 is 5.91 Å². The molecule has 1 aromatic carbocycles. The molecule has 1 aromatic rings. The second-order valence-corrected chi connectivity index (χ2v) is 7.19. The summed E-state index contributed by atoms with van der Waals surface area (Å²) in [6.45, 7) is 3.15. The van der Waals surface area contributed by atoms with Crippen molar-refractivity contribution < 1.29 is 9.90 Å². The summed E-state index contributed by atoms with van der Waals surface area (Å²) in [5, 5.41) is 12.5. The van der Waals surface area contributed by atoms with Crippen molar-refractivity contribution in [2.24, 2.45) is 11.8 Å². The fourth-order valence-corrected chi connectivity index (χ4v) is 4.01. The van der Waals surface area contributed by atoms with Crippen LogP contribution >= 0.6 is 0 Å². The lowest BCUT2D eigenvalue weighted by Gasteiger charge is -2.28. The third-order valence-corrected chi connectivity index (χ3v) is 5.55. The number of nitrogens with one attached hydrogen (secondary N) is 1. The maximum Gasteiger partial charge on any atom is 0.230 e. The van der Waals surface area contributed by atoms with Gasteiger partial charge in [-0.05, 0) is 62.0 Å². The highest BCUT2D eigenvalue weighted by molar-refractivity contribution is 5.91. The average molecular weight is 301 g/mol. The number of amides is 1. The van der Waals surface area contributed by atoms with E-state index in [-0.39, 0.29) is 17.9 Å². The first-order valence-electron chi connectivity index (χ1n) is 8.61. The molecular formula is C19H27NO2. The lowest BCUT2D eigenvalue weighted by molar-refractivity contribution is -0.123. The molecule has 0 bridgehead atoms. The van der Waals surface area contributed by atoms with Crippen molar-refractivity contribution in [2.75, 3.05) is 13.2 Å². The Morgan fingerprint density at radius 3 is 2.68 bits per heavy atom. The first-order chi connectivity index (χ1) is 10.7. The standard InChI is InChI=1S/C19H27NO2/c1-14-5-2-3-8-17(14)19(9-10-19)18(22)20-12-15-6-4-7-16(11-15)13-21/h2-3,5,8,15-16,21H,4,6-7,9-13H2,1H3,(H,20,22)/t15-,16+/m0/s1. The predicted molar refractivity (Wildman–Crippen MR) is 87.6 cm³/mol. The quantitative estimate of drug-likeness (QED) is 0.878. The van der Waals surface area contributed by atoms with Gasteiger partial charge in [-0.3, -0.25) is 4.79 Å². The van der Waals surface area contributed by atoms with Crippen molar-refractivity contribution in [3.8, 4) is 0 Å². The van der Waals surface area contributed by atoms with E-state index in [1.54, 1.807) is 0 Å². The molecule has 3 heteroatoms. The van der Waals surface area contributed by atoms with E-state index in [4.69, 9.17) is 0 Å². The number of aliphatic hydroxyl groups is 1. The van der Waals surface area contributed by atoms with E-state index in [1.165, 1.54) is 24.0 Å². The minimum Gasteiger partial charge on any atom is -0.396 e. The van der Waals surface area contributed by atoms with Crippen LogP contribution in [0.15, 0.2) is 24.3 Å². The number of carbonyl (C=O) groups excluding carboxylic acids is 1. The molecule has 2 atom stereocenters. The largest absolute Gasteiger partial charge is 0.396 e. The minimum absolute atomic E-state index is 0.202. The Balaban J connectivity index is 1.59. The highest BCUT2D eigenvalue weighted by atomic mass is 16.3. The number of carbonyl (C=O) groups is 1. The summed E-state index contributed by atoms with van der Waals surface area (Å²) in [4.78, 5) is 12.7. The lowest BCUT2D eigenvalue weighted by Crippen LogP contribution is -2.39. The van der Waals surface area contributed by atoms with Gasteiger partial charge >= 0.3 is 0 Å². The number of aliphatic hydroxyl groups excluding tert-OH is 1. The molecule has 0 saturated heterocycles. The summed E-state index contributed by atoms with van der Waals surface area (Å²) >= 11 is 0. The molecule has 120 valence electrons. The van der Waals surface area contributed by atoms with E-state index in [0.717, 1.165) is 32.2 Å². The Morgan fingerprint density at radius 2 is 2.00 bits per heavy atom. The van der Waals surface area contributed by atoms with Gasteiger partial charge < -0.3 is 10.4 Å². The van der Waals surface area contributed by atoms with Gasteiger partial charge in [-0.2, -0.15) is 0 Å². The second-order valence-electron chi connectivity index (χ2n) is 7.19. The summed E-state index contributed by atoms with van der Waals surface area (Å²) in [5.74, 6) is 1.16. The Kier molecular flexibility index (Phi) is 4.53. The fraction of sp³-hybridized carbons (Fsp3) is 0.632. The Bertz CT molecular complexity index is 536. The van der Waals surface area contributed by atoms with Crippen LogP contribution in [0.4, 0.5) is 0 Å². The summed E-state index contributed by atoms with van der Waals surface area (Å²) in [7, 11) is 0. The zero-order chi connectivity index (χ0) is 15.6. The van der Waals surface area contributed by atoms with Crippen LogP contribution in [0.25, 0.3) is 0 Å². The van der Waals surface area contributed by atoms with E-state index < -0.39 is 0 Å². The van der Waals surface area contributed by atoms with Gasteiger partial charge in [0.05, 0.1) is 5.41 Å². The van der Waals surface area contributed by atoms with Crippen LogP contribution < -0.4 is 5.32 Å². The molecule has 0 radical (unpaired) electrons. The number of hydrogen-bond donors (Lipinski definition) is 2. The smallest absolute Gasteiger partial charge is 0.230 e. The van der Waals surface area contributed by atoms with E-state index in [0.29, 0.717) is 11.8 Å². The van der Waals surface area contributed by atoms with Crippen molar-refractivity contribution in [1.82, 2.24) is 5.32 Å². The van der Waals surface area contributed by atoms with Crippen molar-refractivity contribution in [2.45, 2.75) is 50.9 Å². The first kappa shape index (κ1) is 15.5. The molecule has 2 aliphatic rings. The fourth-order valence-electron chi connectivity index (χ4n) is 4.01. The monoisotopic (exact) mass is 301 g/mol. The van der Waals surface area contributed by atoms with E-state index >= 15 is 0 Å². The highest BCUT2D eigenvalue weighted by Gasteiger charge is 2.51. The van der Waals surface area contributed by atoms with E-state index in [9.17, 15) is 9.90 Å². The average Bonchev–Trinajstić information content (AvgIpc) is 3.35. The molecule has 2 N–H and O–H groups in total. The Morgan fingerprint density at radius 1 is 1.27 bits per heavy atom. The Labute approximate surface area is 133 Å². The molecule has 3 nitrogen and oxygen atoms in total. The third kappa shape index (κ3) is 3.05. The molecule has 0 aliphatic heterocycles. The SMILES string of the molecule is Cc1ccccc1C1(C(=O)NC[C@H]2CCC[C@@H](CO)C2)CC1. The molecule has 2 fully saturated rings. The molecule has 0 aromatic heterocycles. The first-order valence-corrected chi connectivity index (χ1v) is 8.61. The van der Waals surface area contributed by atoms with Gasteiger partial charge in [-0.25, -0.2) is 0 Å². The third-order valence-electron chi connectivity index (χ3n) is 5.55. The van der Waals surface area contributed by atoms with Crippen LogP contribution in [0.5, 0.6) is 0 Å². The van der Waals surface area contributed by atoms with Gasteiger partial charge in [0.2, 0.25) is 5.91 Å². The Hall–Kier alpha value is -1.35. The predicted octanol–water partition coefficient (Wildman–Crippen LogP) is 2.94. The van der Waals surface area contributed by atoms with E-state index in [2.05, 4.69) is 24.4 Å². The lowest BCUT2D eigenvalue weighted by atomic mass is 9.81. The maximum absolute atomic E-state index is 12.7. The molecule has 0 unspecified atom stereocenters. The number of aryl methyl sites for hydroxylation is 1. The van der Waals surface area contributed by atoms with Crippen LogP contribution in [0.1, 0.15) is 49.7 Å². The number of hydrogen-bond acceptors (Lipinski definition) is 2. The van der Waals surface area contributed by atoms with Crippen molar-refractivity contribution in [1.29, 1.82) is 0 Å². The van der Waals surface area contributed by atoms with Gasteiger partial charge in [-0.1, -0.05) is 30.7 Å². The molecular weight excluding hydrogens is 274 g/mol. The summed E-state index contributed by atoms with van der Waals surface area (Å²) in [6.07, 6.45) is 6.46. The summed E-state index contributed by atoms with van der Waals surface area (Å²) < 4.78 is 0. The molecule has 2 saturated carbocycles. The van der Waals surface area contributed by atoms with Gasteiger partial charge in [-0.15, -0.1) is 0 Å².